The predicted molar refractivity (Wildman–Crippen MR) is 98.5 cm³/mol. The maximum atomic E-state index is 12.8. The minimum Gasteiger partial charge on any atom is -0.274 e. The standard InChI is InChI=1S/C20H28N4O/c1-15-18(16(2)23(3)22-15)12-13-20(25)24-14-8-7-11-19(24)21-17-9-5-4-6-10-17/h7-8,11,14,17H,4-6,9-10,12-13H2,1-3H3. The lowest BCUT2D eigenvalue weighted by molar-refractivity contribution is 0.0897. The molecule has 0 spiro atoms. The summed E-state index contributed by atoms with van der Waals surface area (Å²) in [5, 5.41) is 4.44. The molecule has 2 aromatic heterocycles. The Kier molecular flexibility index (Phi) is 5.51. The number of aryl methyl sites for hydroxylation is 2. The molecular formula is C20H28N4O. The number of carbonyl (C=O) groups is 1. The Hall–Kier alpha value is -2.17. The summed E-state index contributed by atoms with van der Waals surface area (Å²) in [6.07, 6.45) is 9.10. The van der Waals surface area contributed by atoms with Crippen molar-refractivity contribution in [2.75, 3.05) is 0 Å². The molecule has 0 saturated heterocycles. The van der Waals surface area contributed by atoms with Crippen molar-refractivity contribution in [1.29, 1.82) is 0 Å². The molecule has 1 fully saturated rings. The van der Waals surface area contributed by atoms with Gasteiger partial charge in [0.25, 0.3) is 0 Å². The molecule has 25 heavy (non-hydrogen) atoms. The summed E-state index contributed by atoms with van der Waals surface area (Å²) in [7, 11) is 1.95. The van der Waals surface area contributed by atoms with Crippen LogP contribution in [0.15, 0.2) is 29.4 Å². The van der Waals surface area contributed by atoms with Crippen LogP contribution in [0.5, 0.6) is 0 Å². The normalized spacial score (nSPS) is 16.4. The molecule has 0 N–H and O–H groups in total. The Labute approximate surface area is 149 Å². The first-order valence-electron chi connectivity index (χ1n) is 9.30. The van der Waals surface area contributed by atoms with Gasteiger partial charge >= 0.3 is 0 Å². The van der Waals surface area contributed by atoms with E-state index in [-0.39, 0.29) is 5.91 Å². The minimum absolute atomic E-state index is 0.0952. The van der Waals surface area contributed by atoms with Gasteiger partial charge in [0.05, 0.1) is 11.7 Å². The summed E-state index contributed by atoms with van der Waals surface area (Å²) < 4.78 is 3.60. The summed E-state index contributed by atoms with van der Waals surface area (Å²) >= 11 is 0. The van der Waals surface area contributed by atoms with Gasteiger partial charge in [-0.3, -0.25) is 19.0 Å². The van der Waals surface area contributed by atoms with Crippen molar-refractivity contribution in [2.45, 2.75) is 64.8 Å². The van der Waals surface area contributed by atoms with Gasteiger partial charge in [-0.2, -0.15) is 5.10 Å². The van der Waals surface area contributed by atoms with Crippen molar-refractivity contribution in [2.24, 2.45) is 12.0 Å². The highest BCUT2D eigenvalue weighted by atomic mass is 16.2. The smallest absolute Gasteiger partial charge is 0.232 e. The van der Waals surface area contributed by atoms with E-state index in [1.165, 1.54) is 24.8 Å². The maximum Gasteiger partial charge on any atom is 0.232 e. The fourth-order valence-electron chi connectivity index (χ4n) is 3.68. The molecule has 0 bridgehead atoms. The quantitative estimate of drug-likeness (QED) is 0.857. The molecule has 2 aromatic rings. The van der Waals surface area contributed by atoms with Gasteiger partial charge in [0, 0.05) is 25.4 Å². The average Bonchev–Trinajstić information content (AvgIpc) is 2.86. The van der Waals surface area contributed by atoms with Gasteiger partial charge in [0.15, 0.2) is 0 Å². The Morgan fingerprint density at radius 3 is 2.68 bits per heavy atom. The van der Waals surface area contributed by atoms with Crippen LogP contribution in [0.4, 0.5) is 0 Å². The molecule has 2 heterocycles. The zero-order valence-corrected chi connectivity index (χ0v) is 15.5. The van der Waals surface area contributed by atoms with Gasteiger partial charge in [-0.1, -0.05) is 25.3 Å². The van der Waals surface area contributed by atoms with Crippen molar-refractivity contribution < 1.29 is 4.79 Å². The highest BCUT2D eigenvalue weighted by Crippen LogP contribution is 2.19. The van der Waals surface area contributed by atoms with Crippen LogP contribution >= 0.6 is 0 Å². The molecule has 134 valence electrons. The number of pyridine rings is 1. The van der Waals surface area contributed by atoms with Gasteiger partial charge in [-0.25, -0.2) is 0 Å². The highest BCUT2D eigenvalue weighted by molar-refractivity contribution is 5.78. The lowest BCUT2D eigenvalue weighted by Crippen LogP contribution is -2.29. The monoisotopic (exact) mass is 340 g/mol. The molecule has 1 aliphatic rings. The Morgan fingerprint density at radius 1 is 1.24 bits per heavy atom. The van der Waals surface area contributed by atoms with E-state index in [4.69, 9.17) is 4.99 Å². The van der Waals surface area contributed by atoms with Crippen molar-refractivity contribution >= 4 is 5.91 Å². The first-order valence-corrected chi connectivity index (χ1v) is 9.30. The topological polar surface area (TPSA) is 52.2 Å². The number of hydrogen-bond donors (Lipinski definition) is 0. The second-order valence-electron chi connectivity index (χ2n) is 7.02. The van der Waals surface area contributed by atoms with Gasteiger partial charge in [0.2, 0.25) is 5.91 Å². The van der Waals surface area contributed by atoms with Gasteiger partial charge < -0.3 is 0 Å². The van der Waals surface area contributed by atoms with Crippen molar-refractivity contribution in [3.05, 3.63) is 46.8 Å². The molecule has 0 aliphatic heterocycles. The fourth-order valence-corrected chi connectivity index (χ4v) is 3.68. The lowest BCUT2D eigenvalue weighted by atomic mass is 9.96. The minimum atomic E-state index is 0.0952. The van der Waals surface area contributed by atoms with E-state index in [9.17, 15) is 4.79 Å². The second kappa shape index (κ2) is 7.81. The number of aromatic nitrogens is 3. The molecule has 1 saturated carbocycles. The van der Waals surface area contributed by atoms with Crippen LogP contribution in [-0.2, 0) is 13.5 Å². The molecular weight excluding hydrogens is 312 g/mol. The first-order chi connectivity index (χ1) is 12.1. The van der Waals surface area contributed by atoms with E-state index >= 15 is 0 Å². The second-order valence-corrected chi connectivity index (χ2v) is 7.02. The van der Waals surface area contributed by atoms with Crippen LogP contribution in [0.1, 0.15) is 60.3 Å². The SMILES string of the molecule is Cc1nn(C)c(C)c1CCC(=O)n1ccccc1=NC1CCCCC1. The molecule has 0 unspecified atom stereocenters. The van der Waals surface area contributed by atoms with Gasteiger partial charge in [-0.05, 0) is 50.8 Å². The van der Waals surface area contributed by atoms with Crippen molar-refractivity contribution in [3.63, 3.8) is 0 Å². The van der Waals surface area contributed by atoms with E-state index in [1.807, 2.05) is 43.0 Å². The summed E-state index contributed by atoms with van der Waals surface area (Å²) in [5.74, 6) is 0.0952. The summed E-state index contributed by atoms with van der Waals surface area (Å²) in [6.45, 7) is 4.06. The Balaban J connectivity index is 1.77. The van der Waals surface area contributed by atoms with Crippen LogP contribution in [0, 0.1) is 13.8 Å². The third-order valence-electron chi connectivity index (χ3n) is 5.24. The first kappa shape index (κ1) is 17.6. The van der Waals surface area contributed by atoms with Crippen molar-refractivity contribution in [1.82, 2.24) is 14.3 Å². The zero-order chi connectivity index (χ0) is 17.8. The zero-order valence-electron chi connectivity index (χ0n) is 15.5. The van der Waals surface area contributed by atoms with E-state index in [1.54, 1.807) is 4.57 Å². The third kappa shape index (κ3) is 4.09. The predicted octanol–water partition coefficient (Wildman–Crippen LogP) is 3.34. The van der Waals surface area contributed by atoms with Crippen LogP contribution in [-0.4, -0.2) is 26.3 Å². The summed E-state index contributed by atoms with van der Waals surface area (Å²) in [5.41, 5.74) is 4.12. The molecule has 0 atom stereocenters. The van der Waals surface area contributed by atoms with E-state index in [0.29, 0.717) is 12.5 Å². The third-order valence-corrected chi connectivity index (χ3v) is 5.24. The Bertz CT molecular complexity index is 809. The van der Waals surface area contributed by atoms with E-state index in [0.717, 1.165) is 36.1 Å². The largest absolute Gasteiger partial charge is 0.274 e. The van der Waals surface area contributed by atoms with Crippen LogP contribution in [0.3, 0.4) is 0 Å². The molecule has 1 aliphatic carbocycles. The number of hydrogen-bond acceptors (Lipinski definition) is 3. The summed E-state index contributed by atoms with van der Waals surface area (Å²) in [4.78, 5) is 17.6. The van der Waals surface area contributed by atoms with Gasteiger partial charge in [0.1, 0.15) is 5.49 Å². The van der Waals surface area contributed by atoms with Crippen LogP contribution in [0.25, 0.3) is 0 Å². The number of nitrogens with zero attached hydrogens (tertiary/aromatic N) is 4. The molecule has 5 nitrogen and oxygen atoms in total. The molecule has 5 heteroatoms. The molecule has 3 rings (SSSR count). The van der Waals surface area contributed by atoms with Crippen LogP contribution < -0.4 is 5.49 Å². The number of carbonyl (C=O) groups excluding carboxylic acids is 1. The number of rotatable bonds is 4. The fraction of sp³-hybridized carbons (Fsp3) is 0.550. The molecule has 0 aromatic carbocycles. The maximum absolute atomic E-state index is 12.8. The molecule has 0 radical (unpaired) electrons. The summed E-state index contributed by atoms with van der Waals surface area (Å²) in [6, 6.07) is 6.17. The molecule has 0 amide bonds. The Morgan fingerprint density at radius 2 is 2.00 bits per heavy atom. The average molecular weight is 340 g/mol. The van der Waals surface area contributed by atoms with E-state index in [2.05, 4.69) is 12.0 Å². The van der Waals surface area contributed by atoms with Gasteiger partial charge in [-0.15, -0.1) is 0 Å². The lowest BCUT2D eigenvalue weighted by Gasteiger charge is -2.17. The van der Waals surface area contributed by atoms with Crippen LogP contribution in [0.2, 0.25) is 0 Å². The van der Waals surface area contributed by atoms with Crippen molar-refractivity contribution in [3.8, 4) is 0 Å². The van der Waals surface area contributed by atoms with E-state index < -0.39 is 0 Å². The highest BCUT2D eigenvalue weighted by Gasteiger charge is 2.14.